The van der Waals surface area contributed by atoms with Gasteiger partial charge in [0.05, 0.1) is 6.61 Å². The molecule has 0 saturated carbocycles. The lowest BCUT2D eigenvalue weighted by molar-refractivity contribution is -0.139. The van der Waals surface area contributed by atoms with Gasteiger partial charge in [0.1, 0.15) is 5.70 Å². The van der Waals surface area contributed by atoms with Crippen LogP contribution < -0.4 is 0 Å². The largest absolute Gasteiger partial charge is 0.461 e. The molecular formula is C17H25NO3SSi. The highest BCUT2D eigenvalue weighted by molar-refractivity contribution is 8.13. The second-order valence-corrected chi connectivity index (χ2v) is 11.7. The van der Waals surface area contributed by atoms with E-state index in [1.807, 2.05) is 50.8 Å². The molecule has 0 aliphatic carbocycles. The first kappa shape index (κ1) is 19.5. The molecule has 1 aromatic carbocycles. The summed E-state index contributed by atoms with van der Waals surface area (Å²) < 4.78 is 6.82. The summed E-state index contributed by atoms with van der Waals surface area (Å²) >= 11 is 1.11. The van der Waals surface area contributed by atoms with Crippen LogP contribution in [0, 0.1) is 6.92 Å². The Morgan fingerprint density at radius 1 is 1.22 bits per heavy atom. The van der Waals surface area contributed by atoms with Crippen LogP contribution in [0.15, 0.2) is 30.0 Å². The molecule has 126 valence electrons. The summed E-state index contributed by atoms with van der Waals surface area (Å²) in [4.78, 5) is 24.9. The Labute approximate surface area is 144 Å². The number of benzene rings is 1. The molecule has 0 unspecified atom stereocenters. The quantitative estimate of drug-likeness (QED) is 0.444. The number of rotatable bonds is 5. The van der Waals surface area contributed by atoms with Crippen LogP contribution >= 0.6 is 11.8 Å². The minimum absolute atomic E-state index is 0.129. The van der Waals surface area contributed by atoms with E-state index in [0.29, 0.717) is 5.70 Å². The third-order valence-corrected chi connectivity index (χ3v) is 5.61. The topological polar surface area (TPSA) is 46.6 Å². The van der Waals surface area contributed by atoms with E-state index in [1.165, 1.54) is 0 Å². The summed E-state index contributed by atoms with van der Waals surface area (Å²) in [6.45, 7) is 10.1. The van der Waals surface area contributed by atoms with E-state index in [1.54, 1.807) is 23.8 Å². The first-order valence-electron chi connectivity index (χ1n) is 7.54. The average molecular weight is 352 g/mol. The first-order chi connectivity index (χ1) is 10.7. The molecule has 4 nitrogen and oxygen atoms in total. The van der Waals surface area contributed by atoms with Gasteiger partial charge in [0, 0.05) is 0 Å². The summed E-state index contributed by atoms with van der Waals surface area (Å²) in [6, 6.07) is 7.81. The van der Waals surface area contributed by atoms with E-state index in [-0.39, 0.29) is 11.8 Å². The number of carbonyl (C=O) groups is 2. The van der Waals surface area contributed by atoms with Crippen LogP contribution in [0.3, 0.4) is 0 Å². The van der Waals surface area contributed by atoms with Gasteiger partial charge in [-0.3, -0.25) is 4.79 Å². The summed E-state index contributed by atoms with van der Waals surface area (Å²) in [5, 5.41) is -0.129. The minimum Gasteiger partial charge on any atom is -0.461 e. The lowest BCUT2D eigenvalue weighted by atomic mass is 10.1. The van der Waals surface area contributed by atoms with Gasteiger partial charge >= 0.3 is 5.97 Å². The van der Waals surface area contributed by atoms with E-state index in [9.17, 15) is 9.59 Å². The van der Waals surface area contributed by atoms with Crippen molar-refractivity contribution in [3.05, 3.63) is 41.1 Å². The van der Waals surface area contributed by atoms with Crippen LogP contribution in [-0.4, -0.2) is 36.9 Å². The summed E-state index contributed by atoms with van der Waals surface area (Å²) in [5.41, 5.74) is 2.33. The van der Waals surface area contributed by atoms with Gasteiger partial charge in [0.25, 0.3) is 5.24 Å². The van der Waals surface area contributed by atoms with Crippen LogP contribution in [0.4, 0.5) is 4.79 Å². The summed E-state index contributed by atoms with van der Waals surface area (Å²) in [6.07, 6.45) is 3.47. The molecule has 0 heterocycles. The zero-order valence-corrected chi connectivity index (χ0v) is 16.5. The number of hydrogen-bond acceptors (Lipinski definition) is 4. The average Bonchev–Trinajstić information content (AvgIpc) is 2.47. The minimum atomic E-state index is -2.10. The number of esters is 1. The Balaban J connectivity index is 3.40. The molecule has 0 bridgehead atoms. The van der Waals surface area contributed by atoms with Crippen molar-refractivity contribution in [3.63, 3.8) is 0 Å². The lowest BCUT2D eigenvalue weighted by Crippen LogP contribution is -2.49. The van der Waals surface area contributed by atoms with E-state index < -0.39 is 14.2 Å². The molecule has 0 radical (unpaired) electrons. The number of thioether (sulfide) groups is 1. The maximum Gasteiger partial charge on any atom is 0.354 e. The van der Waals surface area contributed by atoms with Gasteiger partial charge in [0.2, 0.25) is 0 Å². The fraction of sp³-hybridized carbons (Fsp3) is 0.412. The molecule has 0 atom stereocenters. The van der Waals surface area contributed by atoms with Crippen molar-refractivity contribution in [1.82, 2.24) is 4.57 Å². The number of nitrogens with zero attached hydrogens (tertiary/aromatic N) is 1. The molecule has 0 aliphatic rings. The van der Waals surface area contributed by atoms with Gasteiger partial charge in [-0.1, -0.05) is 61.2 Å². The Morgan fingerprint density at radius 3 is 2.22 bits per heavy atom. The molecular weight excluding hydrogens is 326 g/mol. The molecule has 1 aromatic rings. The highest BCUT2D eigenvalue weighted by atomic mass is 32.2. The normalized spacial score (nSPS) is 12.0. The van der Waals surface area contributed by atoms with Crippen molar-refractivity contribution in [3.8, 4) is 0 Å². The third kappa shape index (κ3) is 5.55. The van der Waals surface area contributed by atoms with Crippen LogP contribution in [0.5, 0.6) is 0 Å². The Bertz CT molecular complexity index is 591. The molecule has 0 N–H and O–H groups in total. The molecule has 0 saturated heterocycles. The number of ether oxygens (including phenoxy) is 1. The zero-order valence-electron chi connectivity index (χ0n) is 14.7. The highest BCUT2D eigenvalue weighted by Gasteiger charge is 2.35. The summed E-state index contributed by atoms with van der Waals surface area (Å²) in [5.74, 6) is -0.460. The molecule has 0 fully saturated rings. The molecule has 6 heteroatoms. The number of carbonyl (C=O) groups excluding carboxylic acids is 2. The molecule has 1 rings (SSSR count). The Hall–Kier alpha value is -1.53. The molecule has 1 amide bonds. The Kier molecular flexibility index (Phi) is 7.09. The van der Waals surface area contributed by atoms with Gasteiger partial charge in [-0.15, -0.1) is 0 Å². The smallest absolute Gasteiger partial charge is 0.354 e. The van der Waals surface area contributed by atoms with E-state index in [2.05, 4.69) is 0 Å². The van der Waals surface area contributed by atoms with Crippen LogP contribution in [0.1, 0.15) is 18.1 Å². The SMILES string of the molecule is CCOC(=O)/C(=C/c1ccc(C)cc1)N(C(=O)SC)[Si](C)(C)C. The van der Waals surface area contributed by atoms with E-state index in [4.69, 9.17) is 4.74 Å². The van der Waals surface area contributed by atoms with Crippen molar-refractivity contribution >= 4 is 37.3 Å². The zero-order chi connectivity index (χ0) is 17.6. The predicted octanol–water partition coefficient (Wildman–Crippen LogP) is 4.52. The van der Waals surface area contributed by atoms with Gasteiger partial charge < -0.3 is 9.30 Å². The van der Waals surface area contributed by atoms with Crippen LogP contribution in [0.2, 0.25) is 19.6 Å². The van der Waals surface area contributed by atoms with Crippen molar-refractivity contribution in [2.75, 3.05) is 12.9 Å². The fourth-order valence-corrected chi connectivity index (χ4v) is 4.87. The lowest BCUT2D eigenvalue weighted by Gasteiger charge is -2.34. The number of hydrogen-bond donors (Lipinski definition) is 0. The standard InChI is InChI=1S/C17H25NO3SSi/c1-7-21-16(19)15(12-14-10-8-13(2)9-11-14)18(17(20)22-3)23(4,5)6/h8-12H,7H2,1-6H3/b15-12-. The van der Waals surface area contributed by atoms with E-state index >= 15 is 0 Å². The Morgan fingerprint density at radius 2 is 1.78 bits per heavy atom. The van der Waals surface area contributed by atoms with Gasteiger partial charge in [-0.05, 0) is 31.7 Å². The number of aryl methyl sites for hydroxylation is 1. The molecule has 23 heavy (non-hydrogen) atoms. The van der Waals surface area contributed by atoms with Gasteiger partial charge in [0.15, 0.2) is 8.24 Å². The molecule has 0 aliphatic heterocycles. The molecule has 0 spiro atoms. The van der Waals surface area contributed by atoms with Crippen LogP contribution in [-0.2, 0) is 9.53 Å². The fourth-order valence-electron chi connectivity index (χ4n) is 2.07. The van der Waals surface area contributed by atoms with Gasteiger partial charge in [-0.25, -0.2) is 4.79 Å². The van der Waals surface area contributed by atoms with Crippen molar-refractivity contribution < 1.29 is 14.3 Å². The highest BCUT2D eigenvalue weighted by Crippen LogP contribution is 2.24. The van der Waals surface area contributed by atoms with Crippen molar-refractivity contribution in [1.29, 1.82) is 0 Å². The van der Waals surface area contributed by atoms with Crippen molar-refractivity contribution in [2.24, 2.45) is 0 Å². The maximum atomic E-state index is 12.5. The van der Waals surface area contributed by atoms with E-state index in [0.717, 1.165) is 22.9 Å². The maximum absolute atomic E-state index is 12.5. The second-order valence-electron chi connectivity index (χ2n) is 6.14. The third-order valence-electron chi connectivity index (χ3n) is 3.13. The van der Waals surface area contributed by atoms with Crippen LogP contribution in [0.25, 0.3) is 6.08 Å². The number of amides is 1. The van der Waals surface area contributed by atoms with Gasteiger partial charge in [-0.2, -0.15) is 0 Å². The summed E-state index contributed by atoms with van der Waals surface area (Å²) in [7, 11) is -2.10. The predicted molar refractivity (Wildman–Crippen MR) is 99.9 cm³/mol. The monoisotopic (exact) mass is 351 g/mol. The second kappa shape index (κ2) is 8.36. The first-order valence-corrected chi connectivity index (χ1v) is 12.2. The van der Waals surface area contributed by atoms with Crippen molar-refractivity contribution in [2.45, 2.75) is 33.5 Å². The molecule has 0 aromatic heterocycles.